The van der Waals surface area contributed by atoms with E-state index >= 15 is 0 Å². The highest BCUT2D eigenvalue weighted by Crippen LogP contribution is 2.46. The van der Waals surface area contributed by atoms with Gasteiger partial charge in [-0.1, -0.05) is 84.9 Å². The fraction of sp³-hybridized carbons (Fsp3) is 0. The fourth-order valence-corrected chi connectivity index (χ4v) is 4.43. The van der Waals surface area contributed by atoms with Crippen LogP contribution in [-0.4, -0.2) is 0 Å². The fourth-order valence-electron chi connectivity index (χ4n) is 4.43. The summed E-state index contributed by atoms with van der Waals surface area (Å²) in [5, 5.41) is 15.0. The molecule has 0 bridgehead atoms. The van der Waals surface area contributed by atoms with Crippen LogP contribution in [0.15, 0.2) is 109 Å². The van der Waals surface area contributed by atoms with E-state index in [9.17, 15) is 0 Å². The molecule has 142 valence electrons. The van der Waals surface area contributed by atoms with Crippen LogP contribution in [0, 0.1) is 0 Å². The van der Waals surface area contributed by atoms with E-state index in [4.69, 9.17) is 0 Å². The number of rotatable bonds is 4. The quantitative estimate of drug-likeness (QED) is 0.300. The highest BCUT2D eigenvalue weighted by molar-refractivity contribution is 6.30. The van der Waals surface area contributed by atoms with E-state index in [0.717, 1.165) is 22.7 Å². The average molecular weight is 384 g/mol. The van der Waals surface area contributed by atoms with Crippen molar-refractivity contribution in [1.29, 1.82) is 0 Å². The van der Waals surface area contributed by atoms with Gasteiger partial charge >= 0.3 is 0 Å². The Kier molecular flexibility index (Phi) is 3.82. The molecular weight excluding hydrogens is 364 g/mol. The molecule has 0 aliphatic heterocycles. The van der Waals surface area contributed by atoms with Gasteiger partial charge in [0.1, 0.15) is 0 Å². The number of benzene rings is 6. The first kappa shape index (κ1) is 16.9. The van der Waals surface area contributed by atoms with Crippen molar-refractivity contribution < 1.29 is 0 Å². The molecule has 0 fully saturated rings. The molecule has 2 nitrogen and oxygen atoms in total. The molecule has 0 radical (unpaired) electrons. The maximum absolute atomic E-state index is 3.71. The Hall–Kier alpha value is -4.04. The lowest BCUT2D eigenvalue weighted by Crippen LogP contribution is -2.01. The zero-order valence-corrected chi connectivity index (χ0v) is 16.4. The van der Waals surface area contributed by atoms with E-state index in [1.54, 1.807) is 0 Å². The third kappa shape index (κ3) is 2.66. The van der Waals surface area contributed by atoms with Gasteiger partial charge in [0.25, 0.3) is 0 Å². The molecule has 0 aliphatic carbocycles. The van der Waals surface area contributed by atoms with Crippen LogP contribution < -0.4 is 10.6 Å². The summed E-state index contributed by atoms with van der Waals surface area (Å²) in [7, 11) is 0. The Morgan fingerprint density at radius 3 is 1.23 bits per heavy atom. The minimum atomic E-state index is 1.07. The van der Waals surface area contributed by atoms with Crippen LogP contribution in [0.2, 0.25) is 0 Å². The van der Waals surface area contributed by atoms with E-state index in [1.807, 2.05) is 12.1 Å². The van der Waals surface area contributed by atoms with Crippen LogP contribution in [0.25, 0.3) is 32.3 Å². The Bertz CT molecular complexity index is 1360. The highest BCUT2D eigenvalue weighted by Gasteiger charge is 2.18. The Labute approximate surface area is 175 Å². The maximum Gasteiger partial charge on any atom is 0.0710 e. The number of nitrogens with one attached hydrogen (secondary N) is 2. The van der Waals surface area contributed by atoms with Crippen molar-refractivity contribution in [2.24, 2.45) is 0 Å². The second-order valence-corrected chi connectivity index (χ2v) is 7.60. The molecule has 0 amide bonds. The number of anilines is 4. The van der Waals surface area contributed by atoms with Gasteiger partial charge in [-0.15, -0.1) is 0 Å². The molecule has 30 heavy (non-hydrogen) atoms. The zero-order chi connectivity index (χ0) is 19.9. The van der Waals surface area contributed by atoms with Gasteiger partial charge in [0.05, 0.1) is 11.4 Å². The molecule has 2 N–H and O–H groups in total. The van der Waals surface area contributed by atoms with Gasteiger partial charge in [-0.2, -0.15) is 0 Å². The van der Waals surface area contributed by atoms with Gasteiger partial charge in [0, 0.05) is 22.1 Å². The summed E-state index contributed by atoms with van der Waals surface area (Å²) in [6.45, 7) is 0. The van der Waals surface area contributed by atoms with E-state index in [-0.39, 0.29) is 0 Å². The van der Waals surface area contributed by atoms with Crippen molar-refractivity contribution in [2.45, 2.75) is 0 Å². The van der Waals surface area contributed by atoms with Crippen LogP contribution in [0.4, 0.5) is 22.7 Å². The predicted octanol–water partition coefficient (Wildman–Crippen LogP) is 8.07. The third-order valence-corrected chi connectivity index (χ3v) is 5.76. The maximum atomic E-state index is 3.71. The normalized spacial score (nSPS) is 11.3. The van der Waals surface area contributed by atoms with Crippen LogP contribution >= 0.6 is 0 Å². The summed E-state index contributed by atoms with van der Waals surface area (Å²) in [6.07, 6.45) is 0. The first-order chi connectivity index (χ1) is 14.9. The zero-order valence-electron chi connectivity index (χ0n) is 16.4. The molecule has 6 aromatic rings. The Balaban J connectivity index is 1.72. The lowest BCUT2D eigenvalue weighted by Gasteiger charge is -2.22. The molecule has 0 saturated heterocycles. The van der Waals surface area contributed by atoms with Gasteiger partial charge in [-0.25, -0.2) is 0 Å². The number of para-hydroxylation sites is 2. The molecule has 6 rings (SSSR count). The van der Waals surface area contributed by atoms with Gasteiger partial charge in [0.2, 0.25) is 0 Å². The highest BCUT2D eigenvalue weighted by atomic mass is 15.0. The molecular formula is C28H20N2. The Morgan fingerprint density at radius 1 is 0.367 bits per heavy atom. The van der Waals surface area contributed by atoms with Gasteiger partial charge in [-0.3, -0.25) is 0 Å². The number of hydrogen-bond donors (Lipinski definition) is 2. The first-order valence-electron chi connectivity index (χ1n) is 10.2. The summed E-state index contributed by atoms with van der Waals surface area (Å²) in [5.41, 5.74) is 4.34. The second kappa shape index (κ2) is 6.78. The molecule has 0 aromatic heterocycles. The van der Waals surface area contributed by atoms with Crippen LogP contribution in [0.1, 0.15) is 0 Å². The van der Waals surface area contributed by atoms with Crippen LogP contribution in [0.5, 0.6) is 0 Å². The lowest BCUT2D eigenvalue weighted by molar-refractivity contribution is 1.54. The summed E-state index contributed by atoms with van der Waals surface area (Å²) < 4.78 is 0. The molecule has 0 aliphatic rings. The standard InChI is InChI=1S/C28H20N2/c1-3-11-21(12-4-1)29-27-23-15-7-9-19-17-18-20-10-8-16-24(26(20)25(19)23)28(27)30-22-13-5-2-6-14-22/h1-18,29-30H. The summed E-state index contributed by atoms with van der Waals surface area (Å²) in [5.74, 6) is 0. The largest absolute Gasteiger partial charge is 0.353 e. The minimum Gasteiger partial charge on any atom is -0.353 e. The molecule has 0 spiro atoms. The topological polar surface area (TPSA) is 24.1 Å². The molecule has 0 unspecified atom stereocenters. The predicted molar refractivity (Wildman–Crippen MR) is 130 cm³/mol. The van der Waals surface area contributed by atoms with E-state index in [1.165, 1.54) is 32.3 Å². The molecule has 0 saturated carbocycles. The van der Waals surface area contributed by atoms with Crippen LogP contribution in [0.3, 0.4) is 0 Å². The Morgan fingerprint density at radius 2 is 0.800 bits per heavy atom. The molecule has 6 aromatic carbocycles. The number of hydrogen-bond acceptors (Lipinski definition) is 2. The van der Waals surface area contributed by atoms with E-state index in [0.29, 0.717) is 0 Å². The van der Waals surface area contributed by atoms with Crippen molar-refractivity contribution >= 4 is 55.1 Å². The smallest absolute Gasteiger partial charge is 0.0710 e. The summed E-state index contributed by atoms with van der Waals surface area (Å²) in [4.78, 5) is 0. The molecule has 2 heteroatoms. The van der Waals surface area contributed by atoms with Crippen molar-refractivity contribution in [3.63, 3.8) is 0 Å². The van der Waals surface area contributed by atoms with Crippen molar-refractivity contribution in [3.05, 3.63) is 109 Å². The minimum absolute atomic E-state index is 1.07. The monoisotopic (exact) mass is 384 g/mol. The third-order valence-electron chi connectivity index (χ3n) is 5.76. The summed E-state index contributed by atoms with van der Waals surface area (Å²) >= 11 is 0. The average Bonchev–Trinajstić information content (AvgIpc) is 2.81. The molecule has 0 heterocycles. The second-order valence-electron chi connectivity index (χ2n) is 7.60. The van der Waals surface area contributed by atoms with Gasteiger partial charge in [0.15, 0.2) is 0 Å². The van der Waals surface area contributed by atoms with Crippen molar-refractivity contribution in [2.75, 3.05) is 10.6 Å². The van der Waals surface area contributed by atoms with E-state index in [2.05, 4.69) is 108 Å². The van der Waals surface area contributed by atoms with Crippen molar-refractivity contribution in [1.82, 2.24) is 0 Å². The molecule has 0 atom stereocenters. The summed E-state index contributed by atoms with van der Waals surface area (Å²) in [6, 6.07) is 38.3. The van der Waals surface area contributed by atoms with Gasteiger partial charge < -0.3 is 10.6 Å². The van der Waals surface area contributed by atoms with Crippen LogP contribution in [-0.2, 0) is 0 Å². The first-order valence-corrected chi connectivity index (χ1v) is 10.2. The van der Waals surface area contributed by atoms with Crippen molar-refractivity contribution in [3.8, 4) is 0 Å². The lowest BCUT2D eigenvalue weighted by atomic mass is 9.91. The van der Waals surface area contributed by atoms with E-state index < -0.39 is 0 Å². The SMILES string of the molecule is c1ccc(Nc2c(Nc3ccccc3)c3cccc4ccc5cccc2c5c43)cc1. The van der Waals surface area contributed by atoms with Gasteiger partial charge in [-0.05, 0) is 45.8 Å².